The number of methoxy groups -OCH3 is 2. The van der Waals surface area contributed by atoms with Crippen LogP contribution in [0.1, 0.15) is 141 Å². The molecular weight excluding hydrogens is 993 g/mol. The third-order valence-corrected chi connectivity index (χ3v) is 12.8. The first-order valence-corrected chi connectivity index (χ1v) is 25.7. The van der Waals surface area contributed by atoms with Gasteiger partial charge in [0.2, 0.25) is 12.8 Å². The molecule has 0 radical (unpaired) electrons. The zero-order valence-electron chi connectivity index (χ0n) is 45.6. The molecule has 4 rings (SSSR count). The maximum absolute atomic E-state index is 13.3. The second-order valence-electron chi connectivity index (χ2n) is 19.0. The van der Waals surface area contributed by atoms with E-state index in [1.165, 1.54) is 52.3 Å². The number of anilines is 2. The predicted octanol–water partition coefficient (Wildman–Crippen LogP) is 6.01. The number of carbonyl (C=O) groups excluding carboxylic acids is 10. The predicted molar refractivity (Wildman–Crippen MR) is 275 cm³/mol. The van der Waals surface area contributed by atoms with E-state index in [1.807, 2.05) is 34.6 Å². The van der Waals surface area contributed by atoms with Crippen molar-refractivity contribution in [2.45, 2.75) is 169 Å². The van der Waals surface area contributed by atoms with Crippen molar-refractivity contribution in [1.82, 2.24) is 10.6 Å². The second-order valence-corrected chi connectivity index (χ2v) is 19.0. The lowest BCUT2D eigenvalue weighted by Crippen LogP contribution is -2.50. The number of esters is 6. The molecule has 0 aliphatic carbocycles. The van der Waals surface area contributed by atoms with Gasteiger partial charge in [0.1, 0.15) is 24.4 Å². The summed E-state index contributed by atoms with van der Waals surface area (Å²) in [5.74, 6) is -7.32. The molecule has 2 aromatic carbocycles. The first-order valence-electron chi connectivity index (χ1n) is 25.7. The van der Waals surface area contributed by atoms with Gasteiger partial charge in [0.25, 0.3) is 11.8 Å². The summed E-state index contributed by atoms with van der Waals surface area (Å²) < 4.78 is 44.5. The summed E-state index contributed by atoms with van der Waals surface area (Å²) in [6.45, 7) is 17.3. The molecule has 11 atom stereocenters. The van der Waals surface area contributed by atoms with E-state index in [2.05, 4.69) is 21.3 Å². The number of ether oxygens (including phenoxy) is 8. The smallest absolute Gasteiger partial charge is 0.332 e. The molecule has 2 heterocycles. The highest BCUT2D eigenvalue weighted by Crippen LogP contribution is 2.32. The first kappa shape index (κ1) is 63.0. The molecule has 76 heavy (non-hydrogen) atoms. The lowest BCUT2D eigenvalue weighted by Gasteiger charge is -2.30. The van der Waals surface area contributed by atoms with Gasteiger partial charge in [-0.05, 0) is 77.1 Å². The normalized spacial score (nSPS) is 24.1. The van der Waals surface area contributed by atoms with Crippen molar-refractivity contribution in [3.63, 3.8) is 0 Å². The van der Waals surface area contributed by atoms with E-state index < -0.39 is 114 Å². The van der Waals surface area contributed by atoms with Gasteiger partial charge < -0.3 is 59.2 Å². The molecule has 22 heteroatoms. The lowest BCUT2D eigenvalue weighted by atomic mass is 9.92. The molecule has 2 saturated heterocycles. The number of para-hydroxylation sites is 2. The number of hydrogen-bond acceptors (Lipinski definition) is 18. The van der Waals surface area contributed by atoms with Crippen LogP contribution in [0.15, 0.2) is 36.4 Å². The molecule has 2 aromatic rings. The van der Waals surface area contributed by atoms with Gasteiger partial charge in [-0.2, -0.15) is 0 Å². The number of hydrogen-bond donors (Lipinski definition) is 4. The van der Waals surface area contributed by atoms with Gasteiger partial charge in [-0.15, -0.1) is 0 Å². The maximum Gasteiger partial charge on any atom is 0.332 e. The van der Waals surface area contributed by atoms with Crippen LogP contribution in [0.4, 0.5) is 11.4 Å². The topological polar surface area (TPSA) is 293 Å². The molecule has 4 amide bonds. The molecule has 2 aliphatic heterocycles. The Bertz CT molecular complexity index is 2340. The van der Waals surface area contributed by atoms with Crippen molar-refractivity contribution in [3.05, 3.63) is 47.5 Å². The number of benzene rings is 2. The minimum atomic E-state index is -1.36. The average Bonchev–Trinajstić information content (AvgIpc) is 3.42. The van der Waals surface area contributed by atoms with Gasteiger partial charge in [0.05, 0.1) is 54.5 Å². The van der Waals surface area contributed by atoms with Crippen molar-refractivity contribution in [3.8, 4) is 11.5 Å². The van der Waals surface area contributed by atoms with E-state index in [-0.39, 0.29) is 46.3 Å². The quantitative estimate of drug-likeness (QED) is 0.0597. The summed E-state index contributed by atoms with van der Waals surface area (Å²) in [4.78, 5) is 126. The molecule has 0 saturated carbocycles. The Morgan fingerprint density at radius 3 is 1.34 bits per heavy atom. The molecule has 0 aromatic heterocycles. The van der Waals surface area contributed by atoms with E-state index >= 15 is 0 Å². The van der Waals surface area contributed by atoms with Crippen LogP contribution in [-0.4, -0.2) is 123 Å². The molecule has 2 aliphatic rings. The first-order chi connectivity index (χ1) is 36.1. The third-order valence-electron chi connectivity index (χ3n) is 12.8. The largest absolute Gasteiger partial charge is 0.494 e. The summed E-state index contributed by atoms with van der Waals surface area (Å²) in [5, 5.41) is 10.0. The van der Waals surface area contributed by atoms with Gasteiger partial charge in [-0.1, -0.05) is 79.4 Å². The van der Waals surface area contributed by atoms with E-state index in [4.69, 9.17) is 37.9 Å². The fraction of sp³-hybridized carbons (Fsp3) is 0.593. The Balaban J connectivity index is 0.000000400. The van der Waals surface area contributed by atoms with Crippen LogP contribution in [0.25, 0.3) is 0 Å². The Kier molecular flexibility index (Phi) is 25.7. The minimum Gasteiger partial charge on any atom is -0.494 e. The van der Waals surface area contributed by atoms with Gasteiger partial charge in [0, 0.05) is 6.42 Å². The minimum absolute atomic E-state index is 0.0366. The lowest BCUT2D eigenvalue weighted by molar-refractivity contribution is -0.177. The SMILES string of the molecule is CCCC[C@H]1C(=O)O[C@H](C)[C@H](NC(=O)c2cccc(NC=O)c2OC)C(=O)O[C@@H](C)[C@@H]1OC(=O)C(C)CC.CCCC[C@H]1C(=O)O[C@H](C)[C@H](NC(=O)c2cccc(NC=O)c2OC)C(=O)O[C@@H](C)[C@@H]1OC(=O)CC(C)C. The number of nitrogens with one attached hydrogen (secondary N) is 4. The standard InChI is InChI=1S/2C27H38N2O9/c1-7-8-10-19-23(38-21(31)13-15(2)3)17(5)37-27(34)22(16(4)36-26(19)33)29-25(32)18-11-9-12-20(28-14-30)24(18)35-6;1-7-9-11-19-22(38-25(32)15(3)8-2)17(5)37-27(34)21(16(4)36-26(19)33)29-24(31)18-12-10-13-20(28-14-30)23(18)35-6/h9,11-12,14-17,19,22-23H,7-8,10,13H2,1-6H3,(H,28,30)(H,29,32);10,12-17,19,21-22H,7-9,11H2,1-6H3,(H,28,30)(H,29,31)/t16-,17+,19-,22+,23+;15?,16-,17+,19-,21+,22+/m11/s1. The van der Waals surface area contributed by atoms with Crippen LogP contribution in [0.5, 0.6) is 11.5 Å². The van der Waals surface area contributed by atoms with E-state index in [9.17, 15) is 47.9 Å². The van der Waals surface area contributed by atoms with Gasteiger partial charge in [0.15, 0.2) is 35.8 Å². The van der Waals surface area contributed by atoms with E-state index in [0.717, 1.165) is 12.8 Å². The number of cyclic esters (lactones) is 4. The number of unbranched alkanes of at least 4 members (excludes halogenated alkanes) is 2. The van der Waals surface area contributed by atoms with Crippen LogP contribution in [0.2, 0.25) is 0 Å². The van der Waals surface area contributed by atoms with Gasteiger partial charge >= 0.3 is 35.8 Å². The number of carbonyl (C=O) groups is 10. The van der Waals surface area contributed by atoms with Crippen LogP contribution in [-0.2, 0) is 66.8 Å². The molecular formula is C54H76N4O18. The summed E-state index contributed by atoms with van der Waals surface area (Å²) in [5.41, 5.74) is 0.592. The zero-order valence-corrected chi connectivity index (χ0v) is 45.6. The molecule has 2 fully saturated rings. The fourth-order valence-corrected chi connectivity index (χ4v) is 8.36. The molecule has 1 unspecified atom stereocenters. The monoisotopic (exact) mass is 1070 g/mol. The van der Waals surface area contributed by atoms with Crippen LogP contribution < -0.4 is 30.7 Å². The Hall–Kier alpha value is -7.26. The number of amides is 4. The molecule has 22 nitrogen and oxygen atoms in total. The van der Waals surface area contributed by atoms with Crippen LogP contribution >= 0.6 is 0 Å². The van der Waals surface area contributed by atoms with Crippen molar-refractivity contribution >= 4 is 71.8 Å². The average molecular weight is 1070 g/mol. The van der Waals surface area contributed by atoms with E-state index in [1.54, 1.807) is 32.9 Å². The van der Waals surface area contributed by atoms with Gasteiger partial charge in [-0.25, -0.2) is 9.59 Å². The third kappa shape index (κ3) is 17.4. The Labute approximate surface area is 444 Å². The molecule has 0 spiro atoms. The Morgan fingerprint density at radius 2 is 0.987 bits per heavy atom. The summed E-state index contributed by atoms with van der Waals surface area (Å²) in [6, 6.07) is 6.33. The molecule has 0 bridgehead atoms. The van der Waals surface area contributed by atoms with Crippen molar-refractivity contribution in [2.24, 2.45) is 23.7 Å². The second kappa shape index (κ2) is 30.9. The highest BCUT2D eigenvalue weighted by atomic mass is 16.6. The summed E-state index contributed by atoms with van der Waals surface area (Å²) in [7, 11) is 2.67. The maximum atomic E-state index is 13.3. The van der Waals surface area contributed by atoms with Gasteiger partial charge in [-0.3, -0.25) is 38.4 Å². The highest BCUT2D eigenvalue weighted by Gasteiger charge is 2.46. The zero-order chi connectivity index (χ0) is 56.8. The Morgan fingerprint density at radius 1 is 0.592 bits per heavy atom. The highest BCUT2D eigenvalue weighted by molar-refractivity contribution is 6.02. The number of rotatable bonds is 22. The van der Waals surface area contributed by atoms with E-state index in [0.29, 0.717) is 44.9 Å². The summed E-state index contributed by atoms with van der Waals surface area (Å²) >= 11 is 0. The summed E-state index contributed by atoms with van der Waals surface area (Å²) in [6.07, 6.45) is -1.03. The van der Waals surface area contributed by atoms with Crippen LogP contribution in [0.3, 0.4) is 0 Å². The fourth-order valence-electron chi connectivity index (χ4n) is 8.36. The van der Waals surface area contributed by atoms with Crippen LogP contribution in [0, 0.1) is 23.7 Å². The van der Waals surface area contributed by atoms with Crippen molar-refractivity contribution < 1.29 is 85.8 Å². The van der Waals surface area contributed by atoms with Crippen molar-refractivity contribution in [1.29, 1.82) is 0 Å². The van der Waals surface area contributed by atoms with Crippen molar-refractivity contribution in [2.75, 3.05) is 24.9 Å². The molecule has 4 N–H and O–H groups in total. The molecule has 420 valence electrons.